The number of carbonyl (C=O) groups is 6. The predicted octanol–water partition coefficient (Wildman–Crippen LogP) is 10.4. The number of esters is 1. The van der Waals surface area contributed by atoms with E-state index in [0.29, 0.717) is 82.5 Å². The summed E-state index contributed by atoms with van der Waals surface area (Å²) in [6.45, 7) is 12.7. The summed E-state index contributed by atoms with van der Waals surface area (Å²) in [5, 5.41) is 40.6. The molecule has 0 spiro atoms. The topological polar surface area (TPSA) is 320 Å². The van der Waals surface area contributed by atoms with Gasteiger partial charge >= 0.3 is 11.9 Å². The fourth-order valence-electron chi connectivity index (χ4n) is 12.8. The number of hydrogen-bond acceptors (Lipinski definition) is 16. The lowest BCUT2D eigenvalue weighted by molar-refractivity contribution is -0.140. The first-order valence-electron chi connectivity index (χ1n) is 34.6. The lowest BCUT2D eigenvalue weighted by Gasteiger charge is -2.28. The van der Waals surface area contributed by atoms with Crippen LogP contribution >= 0.6 is 0 Å². The number of carboxylic acids is 1. The molecule has 3 aromatic carbocycles. The molecule has 4 aliphatic rings. The molecule has 1 fully saturated rings. The number of amides is 4. The molecule has 0 aliphatic carbocycles. The Morgan fingerprint density at radius 1 is 0.438 bits per heavy atom. The normalized spacial score (nSPS) is 15.1. The van der Waals surface area contributed by atoms with E-state index in [1.54, 1.807) is 146 Å². The highest BCUT2D eigenvalue weighted by atomic mass is 16.5. The summed E-state index contributed by atoms with van der Waals surface area (Å²) >= 11 is 0. The minimum Gasteiger partial charge on any atom is -0.481 e. The standard InChI is InChI=1S/C30H33N5O3.C26H26N4O4.C25H24N4O4/c1-30(2,38)20-35-26-9-8-21(16-28(36)34-13-4-3-5-14-34)15-24(26)18-27(35)33-29(37)22-10-12-32-25(17-22)23-7-6-11-31-19-23;1-26(2,33)16-30-22-7-6-17(12-24(31)34-3)11-20(22)14-23(30)29-25(32)18-8-10-28-21(13-18)19-5-4-9-27-15-19;1-25(2,33)15-29-21-6-5-16(11-23(30)31)10-19(21)13-22(29)28-24(32)17-7-9-27-20(12-17)18-4-3-8-26-14-18/h6-12,15,17,19,38H,3-5,13-14,16,18,20H2,1-2H3;4-11,13,15,33H,12,14,16H2,1-3H3;3-10,12,14,33H,11,13,15H2,1-2H3,(H,30,31). The second-order valence-electron chi connectivity index (χ2n) is 28.1. The monoisotopic (exact) mass is 1410 g/mol. The molecule has 105 heavy (non-hydrogen) atoms. The number of hydrogen-bond donors (Lipinski definition) is 4. The Kier molecular flexibility index (Phi) is 23.2. The van der Waals surface area contributed by atoms with Crippen LogP contribution < -0.4 is 14.7 Å². The number of anilines is 3. The first-order chi connectivity index (χ1) is 50.2. The van der Waals surface area contributed by atoms with Crippen molar-refractivity contribution in [3.63, 3.8) is 0 Å². The number of ether oxygens (including phenoxy) is 1. The van der Waals surface area contributed by atoms with Crippen molar-refractivity contribution in [1.29, 1.82) is 0 Å². The van der Waals surface area contributed by atoms with E-state index in [4.69, 9.17) is 9.84 Å². The molecule has 0 bridgehead atoms. The number of benzene rings is 3. The number of piperidine rings is 1. The van der Waals surface area contributed by atoms with Crippen LogP contribution in [-0.4, -0.2) is 165 Å². The Labute approximate surface area is 608 Å². The predicted molar refractivity (Wildman–Crippen MR) is 400 cm³/mol. The van der Waals surface area contributed by atoms with Gasteiger partial charge in [0.25, 0.3) is 17.7 Å². The number of amidine groups is 3. The molecule has 9 aromatic rings. The van der Waals surface area contributed by atoms with Crippen molar-refractivity contribution in [3.05, 3.63) is 233 Å². The fraction of sp³-hybridized carbons (Fsp3) is 0.296. The van der Waals surface area contributed by atoms with E-state index >= 15 is 0 Å². The van der Waals surface area contributed by atoms with Crippen LogP contribution in [0.4, 0.5) is 17.1 Å². The maximum absolute atomic E-state index is 13.3. The van der Waals surface area contributed by atoms with Gasteiger partial charge in [0.2, 0.25) is 5.91 Å². The Morgan fingerprint density at radius 2 is 0.781 bits per heavy atom. The van der Waals surface area contributed by atoms with Gasteiger partial charge in [0.05, 0.1) is 79.9 Å². The van der Waals surface area contributed by atoms with E-state index in [1.165, 1.54) is 13.5 Å². The summed E-state index contributed by atoms with van der Waals surface area (Å²) in [4.78, 5) is 121. The number of carbonyl (C=O) groups excluding carboxylic acids is 5. The van der Waals surface area contributed by atoms with E-state index in [9.17, 15) is 44.1 Å². The average Bonchev–Trinajstić information content (AvgIpc) is 1.65. The Bertz CT molecular complexity index is 4790. The molecule has 13 rings (SSSR count). The van der Waals surface area contributed by atoms with Gasteiger partial charge in [-0.2, -0.15) is 15.0 Å². The molecule has 4 N–H and O–H groups in total. The second-order valence-corrected chi connectivity index (χ2v) is 28.1. The highest BCUT2D eigenvalue weighted by molar-refractivity contribution is 6.15. The van der Waals surface area contributed by atoms with Crippen molar-refractivity contribution in [3.8, 4) is 33.8 Å². The molecule has 0 radical (unpaired) electrons. The number of aromatic nitrogens is 6. The van der Waals surface area contributed by atoms with Crippen LogP contribution in [0.15, 0.2) is 198 Å². The van der Waals surface area contributed by atoms with Crippen LogP contribution in [-0.2, 0) is 57.6 Å². The third kappa shape index (κ3) is 19.9. The maximum atomic E-state index is 13.3. The van der Waals surface area contributed by atoms with Crippen molar-refractivity contribution in [1.82, 2.24) is 34.8 Å². The van der Waals surface area contributed by atoms with Crippen molar-refractivity contribution >= 4 is 70.1 Å². The zero-order chi connectivity index (χ0) is 74.6. The van der Waals surface area contributed by atoms with Crippen molar-refractivity contribution in [2.75, 3.05) is 54.5 Å². The first-order valence-corrected chi connectivity index (χ1v) is 34.6. The summed E-state index contributed by atoms with van der Waals surface area (Å²) < 4.78 is 4.77. The van der Waals surface area contributed by atoms with E-state index < -0.39 is 34.6 Å². The number of nitrogens with zero attached hydrogens (tertiary/aromatic N) is 13. The molecule has 4 aliphatic heterocycles. The Hall–Kier alpha value is -11.7. The number of aliphatic carboxylic acids is 1. The number of aliphatic imine (C=N–C) groups is 3. The minimum atomic E-state index is -1.03. The SMILES string of the molecule is CC(C)(O)CN1C(=NC(=O)c2ccnc(-c3cccnc3)c2)Cc2cc(CC(=O)N3CCCCC3)ccc21.CC(C)(O)CN1C(=NC(=O)c2ccnc(-c3cccnc3)c2)Cc2cc(CC(=O)O)ccc21.COC(=O)Cc1ccc2c(c1)CC(=NC(=O)c1ccnc(-c3cccnc3)c1)N2CC(C)(C)O. The molecule has 538 valence electrons. The third-order valence-corrected chi connectivity index (χ3v) is 17.5. The molecule has 0 unspecified atom stereocenters. The van der Waals surface area contributed by atoms with Gasteiger partial charge in [-0.05, 0) is 185 Å². The number of aliphatic hydroxyl groups is 3. The van der Waals surface area contributed by atoms with Crippen LogP contribution in [0, 0.1) is 0 Å². The summed E-state index contributed by atoms with van der Waals surface area (Å²) in [6, 6.07) is 38.1. The van der Waals surface area contributed by atoms with Crippen LogP contribution in [0.25, 0.3) is 33.8 Å². The summed E-state index contributed by atoms with van der Waals surface area (Å²) in [5.74, 6) is -0.649. The number of pyridine rings is 6. The Balaban J connectivity index is 0.000000158. The van der Waals surface area contributed by atoms with Gasteiger partial charge in [-0.25, -0.2) is 0 Å². The minimum absolute atomic E-state index is 0.0850. The molecule has 24 nitrogen and oxygen atoms in total. The van der Waals surface area contributed by atoms with Gasteiger partial charge < -0.3 is 44.8 Å². The number of rotatable bonds is 18. The maximum Gasteiger partial charge on any atom is 0.309 e. The van der Waals surface area contributed by atoms with Gasteiger partial charge in [0.15, 0.2) is 0 Å². The second kappa shape index (κ2) is 32.7. The molecular weight excluding hydrogens is 1330 g/mol. The van der Waals surface area contributed by atoms with Gasteiger partial charge in [-0.1, -0.05) is 36.4 Å². The van der Waals surface area contributed by atoms with E-state index in [0.717, 1.165) is 87.5 Å². The average molecular weight is 1410 g/mol. The van der Waals surface area contributed by atoms with Crippen LogP contribution in [0.1, 0.15) is 125 Å². The van der Waals surface area contributed by atoms with E-state index in [-0.39, 0.29) is 50.3 Å². The van der Waals surface area contributed by atoms with E-state index in [2.05, 4.69) is 44.9 Å². The Morgan fingerprint density at radius 3 is 1.10 bits per heavy atom. The lowest BCUT2D eigenvalue weighted by Crippen LogP contribution is -2.40. The van der Waals surface area contributed by atoms with Gasteiger partial charge in [0.1, 0.15) is 17.5 Å². The number of likely N-dealkylation sites (tertiary alicyclic amines) is 1. The van der Waals surface area contributed by atoms with Crippen molar-refractivity contribution < 1.29 is 53.9 Å². The van der Waals surface area contributed by atoms with Crippen molar-refractivity contribution in [2.45, 2.75) is 116 Å². The van der Waals surface area contributed by atoms with Gasteiger partial charge in [-0.15, -0.1) is 0 Å². The number of fused-ring (bicyclic) bond motifs is 3. The van der Waals surface area contributed by atoms with Gasteiger partial charge in [0, 0.05) is 139 Å². The smallest absolute Gasteiger partial charge is 0.309 e. The molecule has 0 saturated carbocycles. The molecule has 0 atom stereocenters. The highest BCUT2D eigenvalue weighted by Crippen LogP contribution is 2.36. The summed E-state index contributed by atoms with van der Waals surface area (Å²) in [7, 11) is 1.36. The lowest BCUT2D eigenvalue weighted by atomic mass is 10.0. The number of carboxylic acid groups (broad SMARTS) is 1. The third-order valence-electron chi connectivity index (χ3n) is 17.5. The number of β-amino-alcohol motifs (C(OH)–C–C–N with tert-alkyl or cyclic N) is 3. The van der Waals surface area contributed by atoms with Crippen LogP contribution in [0.2, 0.25) is 0 Å². The molecule has 10 heterocycles. The fourth-order valence-corrected chi connectivity index (χ4v) is 12.8. The quantitative estimate of drug-likeness (QED) is 0.0580. The highest BCUT2D eigenvalue weighted by Gasteiger charge is 2.35. The number of methoxy groups -OCH3 is 1. The van der Waals surface area contributed by atoms with Gasteiger partial charge in [-0.3, -0.25) is 58.7 Å². The molecule has 1 saturated heterocycles. The zero-order valence-corrected chi connectivity index (χ0v) is 59.7. The first kappa shape index (κ1) is 74.5. The molecular formula is C81H83N13O11. The van der Waals surface area contributed by atoms with Crippen LogP contribution in [0.3, 0.4) is 0 Å². The van der Waals surface area contributed by atoms with E-state index in [1.807, 2.05) is 98.5 Å². The molecule has 4 amide bonds. The van der Waals surface area contributed by atoms with Crippen molar-refractivity contribution in [2.24, 2.45) is 15.0 Å². The largest absolute Gasteiger partial charge is 0.481 e. The summed E-state index contributed by atoms with van der Waals surface area (Å²) in [6.07, 6.45) is 19.8. The summed E-state index contributed by atoms with van der Waals surface area (Å²) in [5.41, 5.74) is 10.3. The molecule has 24 heteroatoms. The molecule has 6 aromatic heterocycles. The zero-order valence-electron chi connectivity index (χ0n) is 59.7. The van der Waals surface area contributed by atoms with Crippen LogP contribution in [0.5, 0.6) is 0 Å².